The first kappa shape index (κ1) is 14.1. The summed E-state index contributed by atoms with van der Waals surface area (Å²) in [6.07, 6.45) is 5.66. The van der Waals surface area contributed by atoms with E-state index in [1.807, 2.05) is 0 Å². The summed E-state index contributed by atoms with van der Waals surface area (Å²) in [7, 11) is 0. The molecule has 0 aliphatic heterocycles. The average molecular weight is 247 g/mol. The van der Waals surface area contributed by atoms with Gasteiger partial charge in [-0.3, -0.25) is 0 Å². The zero-order chi connectivity index (χ0) is 12.7. The minimum atomic E-state index is 1.00. The van der Waals surface area contributed by atoms with Crippen LogP contribution in [0, 0.1) is 0 Å². The number of isothiocyanates is 1. The summed E-state index contributed by atoms with van der Waals surface area (Å²) in [6.45, 7) is 6.56. The van der Waals surface area contributed by atoms with Gasteiger partial charge in [0.05, 0.1) is 10.8 Å². The lowest BCUT2D eigenvalue weighted by atomic mass is 9.97. The van der Waals surface area contributed by atoms with Gasteiger partial charge in [-0.2, -0.15) is 4.99 Å². The molecule has 0 atom stereocenters. The smallest absolute Gasteiger partial charge is 0.0803 e. The van der Waals surface area contributed by atoms with Crippen LogP contribution < -0.4 is 0 Å². The molecule has 17 heavy (non-hydrogen) atoms. The van der Waals surface area contributed by atoms with E-state index < -0.39 is 0 Å². The van der Waals surface area contributed by atoms with Gasteiger partial charge in [0, 0.05) is 0 Å². The lowest BCUT2D eigenvalue weighted by Crippen LogP contribution is -1.94. The van der Waals surface area contributed by atoms with E-state index in [-0.39, 0.29) is 0 Å². The Labute approximate surface area is 110 Å². The molecule has 0 amide bonds. The lowest BCUT2D eigenvalue weighted by molar-refractivity contribution is 0.792. The zero-order valence-electron chi connectivity index (χ0n) is 11.0. The number of aliphatic imine (C=N–C) groups is 1. The van der Waals surface area contributed by atoms with Crippen molar-refractivity contribution in [2.24, 2.45) is 4.99 Å². The summed E-state index contributed by atoms with van der Waals surface area (Å²) in [5.74, 6) is 0. The Hall–Kier alpha value is -0.980. The van der Waals surface area contributed by atoms with E-state index in [0.717, 1.165) is 24.9 Å². The first-order chi connectivity index (χ1) is 8.26. The number of hydrogen-bond donors (Lipinski definition) is 0. The maximum atomic E-state index is 4.74. The molecule has 1 nitrogen and oxygen atoms in total. The molecule has 0 bridgehead atoms. The number of benzene rings is 1. The van der Waals surface area contributed by atoms with Crippen molar-refractivity contribution in [2.75, 3.05) is 0 Å². The summed E-state index contributed by atoms with van der Waals surface area (Å²) in [5.41, 5.74) is 5.08. The highest BCUT2D eigenvalue weighted by Gasteiger charge is 2.07. The van der Waals surface area contributed by atoms with E-state index in [2.05, 4.69) is 43.1 Å². The van der Waals surface area contributed by atoms with Crippen molar-refractivity contribution in [2.45, 2.75) is 52.9 Å². The van der Waals surface area contributed by atoms with Gasteiger partial charge in [0.15, 0.2) is 0 Å². The standard InChI is InChI=1S/C15H21NS/c1-4-7-8-12-9-13(5-2)15(16-11-17)14(6-3)10-12/h9-10H,4-8H2,1-3H3. The van der Waals surface area contributed by atoms with E-state index in [9.17, 15) is 0 Å². The van der Waals surface area contributed by atoms with Crippen LogP contribution in [0.25, 0.3) is 0 Å². The van der Waals surface area contributed by atoms with Crippen LogP contribution in [0.4, 0.5) is 5.69 Å². The third-order valence-electron chi connectivity index (χ3n) is 3.07. The number of thiocarbonyl (C=S) groups is 1. The van der Waals surface area contributed by atoms with Gasteiger partial charge in [-0.05, 0) is 54.6 Å². The van der Waals surface area contributed by atoms with E-state index in [1.54, 1.807) is 0 Å². The molecular formula is C15H21NS. The fraction of sp³-hybridized carbons (Fsp3) is 0.533. The van der Waals surface area contributed by atoms with Crippen LogP contribution in [0.15, 0.2) is 17.1 Å². The second-order valence-corrected chi connectivity index (χ2v) is 4.46. The molecule has 0 unspecified atom stereocenters. The van der Waals surface area contributed by atoms with Crippen molar-refractivity contribution in [3.8, 4) is 0 Å². The predicted molar refractivity (Wildman–Crippen MR) is 78.5 cm³/mol. The lowest BCUT2D eigenvalue weighted by Gasteiger charge is -2.11. The summed E-state index contributed by atoms with van der Waals surface area (Å²) >= 11 is 4.74. The van der Waals surface area contributed by atoms with Crippen molar-refractivity contribution in [3.63, 3.8) is 0 Å². The summed E-state index contributed by atoms with van der Waals surface area (Å²) in [4.78, 5) is 4.23. The Kier molecular flexibility index (Phi) is 6.10. The molecule has 0 spiro atoms. The van der Waals surface area contributed by atoms with Crippen LogP contribution in [0.3, 0.4) is 0 Å². The molecule has 0 aliphatic carbocycles. The van der Waals surface area contributed by atoms with E-state index >= 15 is 0 Å². The van der Waals surface area contributed by atoms with E-state index in [4.69, 9.17) is 12.2 Å². The van der Waals surface area contributed by atoms with Crippen LogP contribution in [0.1, 0.15) is 50.3 Å². The molecule has 0 N–H and O–H groups in total. The molecular weight excluding hydrogens is 226 g/mol. The fourth-order valence-corrected chi connectivity index (χ4v) is 2.18. The molecule has 1 rings (SSSR count). The quantitative estimate of drug-likeness (QED) is 0.515. The largest absolute Gasteiger partial charge is 0.194 e. The van der Waals surface area contributed by atoms with Gasteiger partial charge in [-0.25, -0.2) is 0 Å². The van der Waals surface area contributed by atoms with Crippen molar-refractivity contribution < 1.29 is 0 Å². The molecule has 0 aromatic heterocycles. The Morgan fingerprint density at radius 2 is 1.71 bits per heavy atom. The van der Waals surface area contributed by atoms with Crippen molar-refractivity contribution in [1.29, 1.82) is 0 Å². The van der Waals surface area contributed by atoms with Crippen LogP contribution >= 0.6 is 12.2 Å². The molecule has 0 heterocycles. The van der Waals surface area contributed by atoms with Crippen LogP contribution in [-0.2, 0) is 19.3 Å². The molecule has 0 saturated carbocycles. The van der Waals surface area contributed by atoms with Crippen LogP contribution in [-0.4, -0.2) is 5.16 Å². The fourth-order valence-electron chi connectivity index (χ4n) is 2.09. The van der Waals surface area contributed by atoms with Gasteiger partial charge in [0.2, 0.25) is 0 Å². The van der Waals surface area contributed by atoms with Gasteiger partial charge in [-0.1, -0.05) is 39.3 Å². The van der Waals surface area contributed by atoms with Gasteiger partial charge in [0.1, 0.15) is 0 Å². The van der Waals surface area contributed by atoms with Gasteiger partial charge in [-0.15, -0.1) is 0 Å². The molecule has 92 valence electrons. The number of hydrogen-bond acceptors (Lipinski definition) is 2. The molecule has 0 aliphatic rings. The highest BCUT2D eigenvalue weighted by molar-refractivity contribution is 7.78. The summed E-state index contributed by atoms with van der Waals surface area (Å²) in [6, 6.07) is 4.56. The third-order valence-corrected chi connectivity index (χ3v) is 3.16. The molecule has 1 aromatic carbocycles. The molecule has 1 aromatic rings. The van der Waals surface area contributed by atoms with Gasteiger partial charge >= 0.3 is 0 Å². The first-order valence-corrected chi connectivity index (χ1v) is 6.90. The highest BCUT2D eigenvalue weighted by atomic mass is 32.1. The van der Waals surface area contributed by atoms with Crippen LogP contribution in [0.5, 0.6) is 0 Å². The minimum absolute atomic E-state index is 1.00. The Balaban J connectivity index is 3.18. The van der Waals surface area contributed by atoms with Crippen molar-refractivity contribution in [3.05, 3.63) is 28.8 Å². The molecule has 0 fully saturated rings. The predicted octanol–water partition coefficient (Wildman–Crippen LogP) is 4.89. The monoisotopic (exact) mass is 247 g/mol. The number of aryl methyl sites for hydroxylation is 3. The zero-order valence-corrected chi connectivity index (χ0v) is 11.9. The SMILES string of the molecule is CCCCc1cc(CC)c(N=C=S)c(CC)c1. The van der Waals surface area contributed by atoms with E-state index in [1.165, 1.54) is 29.5 Å². The molecule has 0 saturated heterocycles. The maximum Gasteiger partial charge on any atom is 0.0803 e. The minimum Gasteiger partial charge on any atom is -0.194 e. The maximum absolute atomic E-state index is 4.74. The van der Waals surface area contributed by atoms with Gasteiger partial charge in [0.25, 0.3) is 0 Å². The van der Waals surface area contributed by atoms with Gasteiger partial charge < -0.3 is 0 Å². The number of nitrogens with zero attached hydrogens (tertiary/aromatic N) is 1. The second kappa shape index (κ2) is 7.37. The molecule has 0 radical (unpaired) electrons. The average Bonchev–Trinajstić information content (AvgIpc) is 2.37. The Morgan fingerprint density at radius 1 is 1.12 bits per heavy atom. The van der Waals surface area contributed by atoms with Crippen molar-refractivity contribution in [1.82, 2.24) is 0 Å². The summed E-state index contributed by atoms with van der Waals surface area (Å²) in [5, 5.41) is 2.50. The third kappa shape index (κ3) is 3.76. The Morgan fingerprint density at radius 3 is 2.12 bits per heavy atom. The Bertz CT molecular complexity index is 392. The van der Waals surface area contributed by atoms with Crippen molar-refractivity contribution >= 4 is 23.1 Å². The van der Waals surface area contributed by atoms with Crippen LogP contribution in [0.2, 0.25) is 0 Å². The normalized spacial score (nSPS) is 10.1. The summed E-state index contributed by atoms with van der Waals surface area (Å²) < 4.78 is 0. The number of rotatable bonds is 6. The second-order valence-electron chi connectivity index (χ2n) is 4.28. The van der Waals surface area contributed by atoms with E-state index in [0.29, 0.717) is 0 Å². The molecule has 2 heteroatoms. The topological polar surface area (TPSA) is 12.4 Å². The first-order valence-electron chi connectivity index (χ1n) is 6.49. The number of unbranched alkanes of at least 4 members (excludes halogenated alkanes) is 1. The highest BCUT2D eigenvalue weighted by Crippen LogP contribution is 2.28.